The normalized spacial score (nSPS) is 12.2. The molecule has 0 unspecified atom stereocenters. The molecule has 0 bridgehead atoms. The van der Waals surface area contributed by atoms with E-state index in [1.165, 1.54) is 30.5 Å². The maximum atomic E-state index is 14.7. The number of pyridine rings is 2. The van der Waals surface area contributed by atoms with Crippen molar-refractivity contribution in [3.8, 4) is 17.0 Å². The van der Waals surface area contributed by atoms with Crippen LogP contribution in [0.3, 0.4) is 0 Å². The zero-order valence-corrected chi connectivity index (χ0v) is 22.1. The minimum absolute atomic E-state index is 0.135. The van der Waals surface area contributed by atoms with Gasteiger partial charge in [-0.05, 0) is 82.8 Å². The van der Waals surface area contributed by atoms with Crippen molar-refractivity contribution in [2.75, 3.05) is 12.8 Å². The summed E-state index contributed by atoms with van der Waals surface area (Å²) < 4.78 is 19.7. The molecular formula is C31H31FN4O2. The molecule has 0 fully saturated rings. The fraction of sp³-hybridized carbons (Fsp3) is 0.258. The van der Waals surface area contributed by atoms with E-state index in [0.717, 1.165) is 39.9 Å². The number of carbonyl (C=O) groups is 1. The molecule has 0 atom stereocenters. The highest BCUT2D eigenvalue weighted by molar-refractivity contribution is 5.94. The van der Waals surface area contributed by atoms with Gasteiger partial charge in [-0.25, -0.2) is 14.4 Å². The number of hydrogen-bond donors (Lipinski definition) is 2. The van der Waals surface area contributed by atoms with Crippen molar-refractivity contribution in [2.45, 2.75) is 46.1 Å². The lowest BCUT2D eigenvalue weighted by atomic mass is 9.84. The van der Waals surface area contributed by atoms with Crippen LogP contribution in [0.1, 0.15) is 69.2 Å². The van der Waals surface area contributed by atoms with Crippen molar-refractivity contribution in [1.82, 2.24) is 15.3 Å². The van der Waals surface area contributed by atoms with Gasteiger partial charge in [0.25, 0.3) is 5.91 Å². The SMILES string of the molecule is COc1cc(F)c(-c2ccc3c(c2)Cc2cc(C(=O)NCc4c(C(C)C)cc(N)nc4C)ccc2C3)cn1. The number of nitrogens with zero attached hydrogens (tertiary/aromatic N) is 2. The molecule has 4 aromatic rings. The smallest absolute Gasteiger partial charge is 0.251 e. The third-order valence-corrected chi connectivity index (χ3v) is 7.22. The number of amides is 1. The first kappa shape index (κ1) is 25.4. The Morgan fingerprint density at radius 2 is 1.76 bits per heavy atom. The van der Waals surface area contributed by atoms with Crippen LogP contribution in [-0.2, 0) is 19.4 Å². The summed E-state index contributed by atoms with van der Waals surface area (Å²) in [6.07, 6.45) is 2.94. The summed E-state index contributed by atoms with van der Waals surface area (Å²) in [5.74, 6) is 0.489. The minimum Gasteiger partial charge on any atom is -0.481 e. The quantitative estimate of drug-likeness (QED) is 0.304. The van der Waals surface area contributed by atoms with Crippen molar-refractivity contribution in [3.63, 3.8) is 0 Å². The van der Waals surface area contributed by atoms with E-state index in [9.17, 15) is 9.18 Å². The molecular weight excluding hydrogens is 479 g/mol. The van der Waals surface area contributed by atoms with Crippen LogP contribution in [0.25, 0.3) is 11.1 Å². The Bertz CT molecular complexity index is 1550. The van der Waals surface area contributed by atoms with Crippen LogP contribution >= 0.6 is 0 Å². The summed E-state index contributed by atoms with van der Waals surface area (Å²) in [6, 6.07) is 15.0. The van der Waals surface area contributed by atoms with E-state index in [0.29, 0.717) is 29.9 Å². The molecule has 2 aromatic carbocycles. The Labute approximate surface area is 222 Å². The first-order valence-electron chi connectivity index (χ1n) is 12.7. The van der Waals surface area contributed by atoms with Gasteiger partial charge in [0.2, 0.25) is 5.88 Å². The third-order valence-electron chi connectivity index (χ3n) is 7.22. The van der Waals surface area contributed by atoms with E-state index in [4.69, 9.17) is 10.5 Å². The number of carbonyl (C=O) groups excluding carboxylic acids is 1. The molecule has 0 saturated carbocycles. The Morgan fingerprint density at radius 1 is 1.05 bits per heavy atom. The molecule has 7 heteroatoms. The second-order valence-electron chi connectivity index (χ2n) is 10.1. The molecule has 0 spiro atoms. The van der Waals surface area contributed by atoms with Gasteiger partial charge in [0, 0.05) is 35.6 Å². The van der Waals surface area contributed by atoms with Gasteiger partial charge in [-0.3, -0.25) is 4.79 Å². The lowest BCUT2D eigenvalue weighted by molar-refractivity contribution is 0.0950. The predicted octanol–water partition coefficient (Wildman–Crippen LogP) is 5.73. The summed E-state index contributed by atoms with van der Waals surface area (Å²) in [7, 11) is 1.46. The van der Waals surface area contributed by atoms with E-state index < -0.39 is 0 Å². The highest BCUT2D eigenvalue weighted by atomic mass is 19.1. The number of halogens is 1. The zero-order valence-electron chi connectivity index (χ0n) is 22.1. The number of nitrogens with one attached hydrogen (secondary N) is 1. The summed E-state index contributed by atoms with van der Waals surface area (Å²) in [6.45, 7) is 6.51. The highest BCUT2D eigenvalue weighted by Gasteiger charge is 2.20. The maximum Gasteiger partial charge on any atom is 0.251 e. The predicted molar refractivity (Wildman–Crippen MR) is 147 cm³/mol. The Kier molecular flexibility index (Phi) is 6.85. The summed E-state index contributed by atoms with van der Waals surface area (Å²) in [5.41, 5.74) is 15.3. The molecule has 1 aliphatic rings. The van der Waals surface area contributed by atoms with Gasteiger partial charge in [-0.15, -0.1) is 0 Å². The van der Waals surface area contributed by atoms with Crippen molar-refractivity contribution < 1.29 is 13.9 Å². The van der Waals surface area contributed by atoms with E-state index in [1.54, 1.807) is 0 Å². The van der Waals surface area contributed by atoms with Crippen LogP contribution in [0.2, 0.25) is 0 Å². The van der Waals surface area contributed by atoms with Crippen LogP contribution in [0.5, 0.6) is 5.88 Å². The number of nitrogens with two attached hydrogens (primary N) is 1. The van der Waals surface area contributed by atoms with Crippen molar-refractivity contribution in [3.05, 3.63) is 105 Å². The molecule has 1 aliphatic carbocycles. The minimum atomic E-state index is -0.376. The highest BCUT2D eigenvalue weighted by Crippen LogP contribution is 2.33. The second kappa shape index (κ2) is 10.2. The summed E-state index contributed by atoms with van der Waals surface area (Å²) >= 11 is 0. The summed E-state index contributed by atoms with van der Waals surface area (Å²) in [5, 5.41) is 3.06. The molecule has 6 nitrogen and oxygen atoms in total. The van der Waals surface area contributed by atoms with Gasteiger partial charge in [0.05, 0.1) is 7.11 Å². The number of benzene rings is 2. The van der Waals surface area contributed by atoms with Gasteiger partial charge >= 0.3 is 0 Å². The van der Waals surface area contributed by atoms with Crippen LogP contribution in [0.4, 0.5) is 10.2 Å². The molecule has 38 heavy (non-hydrogen) atoms. The molecule has 3 N–H and O–H groups in total. The fourth-order valence-electron chi connectivity index (χ4n) is 5.15. The number of anilines is 1. The maximum absolute atomic E-state index is 14.7. The molecule has 0 saturated heterocycles. The lowest BCUT2D eigenvalue weighted by Gasteiger charge is -2.21. The number of ether oxygens (including phenoxy) is 1. The third kappa shape index (κ3) is 4.96. The number of nitrogen functional groups attached to an aromatic ring is 1. The first-order valence-corrected chi connectivity index (χ1v) is 12.7. The number of aryl methyl sites for hydroxylation is 1. The van der Waals surface area contributed by atoms with Gasteiger partial charge in [0.1, 0.15) is 11.6 Å². The molecule has 2 heterocycles. The van der Waals surface area contributed by atoms with E-state index in [2.05, 4.69) is 29.1 Å². The molecule has 0 radical (unpaired) electrons. The summed E-state index contributed by atoms with van der Waals surface area (Å²) in [4.78, 5) is 21.7. The first-order chi connectivity index (χ1) is 18.2. The number of hydrogen-bond acceptors (Lipinski definition) is 5. The zero-order chi connectivity index (χ0) is 27.0. The average Bonchev–Trinajstić information content (AvgIpc) is 2.90. The van der Waals surface area contributed by atoms with Gasteiger partial charge in [-0.1, -0.05) is 38.1 Å². The topological polar surface area (TPSA) is 90.1 Å². The molecule has 194 valence electrons. The number of aromatic nitrogens is 2. The van der Waals surface area contributed by atoms with E-state index >= 15 is 0 Å². The van der Waals surface area contributed by atoms with Crippen molar-refractivity contribution in [1.29, 1.82) is 0 Å². The molecule has 2 aromatic heterocycles. The van der Waals surface area contributed by atoms with Crippen LogP contribution < -0.4 is 15.8 Å². The monoisotopic (exact) mass is 510 g/mol. The molecule has 0 aliphatic heterocycles. The number of methoxy groups -OCH3 is 1. The average molecular weight is 511 g/mol. The van der Waals surface area contributed by atoms with Crippen molar-refractivity contribution in [2.24, 2.45) is 0 Å². The van der Waals surface area contributed by atoms with Crippen LogP contribution in [0.15, 0.2) is 54.7 Å². The largest absolute Gasteiger partial charge is 0.481 e. The standard InChI is InChI=1S/C31H31FN4O2/c1-17(2)25-13-29(33)36-18(3)26(25)15-35-31(37)22-8-6-20-9-19-5-7-21(10-23(19)12-24(20)11-22)27-16-34-30(38-4)14-28(27)32/h5-8,10-11,13-14,16-17H,9,12,15H2,1-4H3,(H2,33,36)(H,35,37). The Morgan fingerprint density at radius 3 is 2.47 bits per heavy atom. The van der Waals surface area contributed by atoms with E-state index in [1.807, 2.05) is 49.4 Å². The van der Waals surface area contributed by atoms with E-state index in [-0.39, 0.29) is 23.5 Å². The Balaban J connectivity index is 1.36. The number of fused-ring (bicyclic) bond motifs is 2. The van der Waals surface area contributed by atoms with Gasteiger partial charge in [-0.2, -0.15) is 0 Å². The van der Waals surface area contributed by atoms with Crippen LogP contribution in [-0.4, -0.2) is 23.0 Å². The van der Waals surface area contributed by atoms with Gasteiger partial charge in [0.15, 0.2) is 0 Å². The molecule has 5 rings (SSSR count). The second-order valence-corrected chi connectivity index (χ2v) is 10.1. The number of rotatable bonds is 6. The van der Waals surface area contributed by atoms with Gasteiger partial charge < -0.3 is 15.8 Å². The van der Waals surface area contributed by atoms with Crippen molar-refractivity contribution >= 4 is 11.7 Å². The lowest BCUT2D eigenvalue weighted by Crippen LogP contribution is -2.25. The Hall–Kier alpha value is -4.26. The fourth-order valence-corrected chi connectivity index (χ4v) is 5.15. The van der Waals surface area contributed by atoms with Crippen LogP contribution in [0, 0.1) is 12.7 Å². The molecule has 1 amide bonds.